The Morgan fingerprint density at radius 1 is 1.32 bits per heavy atom. The van der Waals surface area contributed by atoms with Crippen LogP contribution in [0.5, 0.6) is 0 Å². The second-order valence-electron chi connectivity index (χ2n) is 6.38. The van der Waals surface area contributed by atoms with Crippen LogP contribution < -0.4 is 5.32 Å². The van der Waals surface area contributed by atoms with Gasteiger partial charge in [0.15, 0.2) is 0 Å². The quantitative estimate of drug-likeness (QED) is 0.798. The van der Waals surface area contributed by atoms with Crippen LogP contribution in [0.25, 0.3) is 0 Å². The van der Waals surface area contributed by atoms with Crippen LogP contribution in [0.4, 0.5) is 0 Å². The third-order valence-electron chi connectivity index (χ3n) is 4.15. The van der Waals surface area contributed by atoms with Gasteiger partial charge in [-0.1, -0.05) is 33.6 Å². The number of nitrogens with one attached hydrogen (secondary N) is 1. The van der Waals surface area contributed by atoms with E-state index in [1.807, 2.05) is 11.8 Å². The van der Waals surface area contributed by atoms with Crippen molar-refractivity contribution in [3.8, 4) is 0 Å². The lowest BCUT2D eigenvalue weighted by Gasteiger charge is -2.39. The number of rotatable bonds is 6. The van der Waals surface area contributed by atoms with Crippen LogP contribution in [0.3, 0.4) is 0 Å². The third-order valence-corrected chi connectivity index (χ3v) is 4.15. The third kappa shape index (κ3) is 3.48. The molecule has 1 N–H and O–H groups in total. The molecule has 2 atom stereocenters. The molecule has 1 saturated carbocycles. The van der Waals surface area contributed by atoms with Gasteiger partial charge in [0, 0.05) is 6.54 Å². The minimum Gasteiger partial charge on any atom is -0.343 e. The van der Waals surface area contributed by atoms with E-state index in [2.05, 4.69) is 19.2 Å². The van der Waals surface area contributed by atoms with Crippen LogP contribution in [-0.2, 0) is 9.59 Å². The van der Waals surface area contributed by atoms with E-state index in [9.17, 15) is 9.59 Å². The Balaban J connectivity index is 2.06. The first-order chi connectivity index (χ1) is 9.02. The summed E-state index contributed by atoms with van der Waals surface area (Å²) >= 11 is 0. The lowest BCUT2D eigenvalue weighted by Crippen LogP contribution is -2.63. The molecule has 2 unspecified atom stereocenters. The average Bonchev–Trinajstić information content (AvgIpc) is 3.16. The van der Waals surface area contributed by atoms with Gasteiger partial charge in [0.1, 0.15) is 12.1 Å². The molecule has 19 heavy (non-hydrogen) atoms. The van der Waals surface area contributed by atoms with E-state index in [0.29, 0.717) is 12.3 Å². The molecule has 2 aliphatic rings. The maximum absolute atomic E-state index is 12.4. The smallest absolute Gasteiger partial charge is 0.245 e. The molecule has 0 spiro atoms. The predicted octanol–water partition coefficient (Wildman–Crippen LogP) is 1.94. The summed E-state index contributed by atoms with van der Waals surface area (Å²) in [5, 5.41) is 2.87. The Kier molecular flexibility index (Phi) is 4.48. The molecular weight excluding hydrogens is 240 g/mol. The number of amides is 2. The van der Waals surface area contributed by atoms with Crippen LogP contribution in [0.2, 0.25) is 0 Å². The zero-order valence-corrected chi connectivity index (χ0v) is 12.3. The van der Waals surface area contributed by atoms with Crippen molar-refractivity contribution in [1.82, 2.24) is 10.2 Å². The van der Waals surface area contributed by atoms with Crippen LogP contribution in [0, 0.1) is 11.8 Å². The Hall–Kier alpha value is -1.06. The first kappa shape index (κ1) is 14.4. The predicted molar refractivity (Wildman–Crippen MR) is 74.5 cm³/mol. The molecule has 0 bridgehead atoms. The summed E-state index contributed by atoms with van der Waals surface area (Å²) in [4.78, 5) is 26.5. The summed E-state index contributed by atoms with van der Waals surface area (Å²) in [6.07, 6.45) is 5.09. The lowest BCUT2D eigenvalue weighted by atomic mass is 9.96. The topological polar surface area (TPSA) is 49.4 Å². The number of nitrogens with zero attached hydrogens (tertiary/aromatic N) is 1. The summed E-state index contributed by atoms with van der Waals surface area (Å²) in [6.45, 7) is 6.90. The summed E-state index contributed by atoms with van der Waals surface area (Å²) < 4.78 is 0. The van der Waals surface area contributed by atoms with Crippen molar-refractivity contribution in [3.05, 3.63) is 0 Å². The molecule has 0 aromatic carbocycles. The van der Waals surface area contributed by atoms with Crippen molar-refractivity contribution in [2.75, 3.05) is 6.54 Å². The minimum absolute atomic E-state index is 0.0379. The van der Waals surface area contributed by atoms with Gasteiger partial charge in [0.2, 0.25) is 11.8 Å². The maximum atomic E-state index is 12.4. The number of carbonyl (C=O) groups excluding carboxylic acids is 2. The molecule has 2 fully saturated rings. The fraction of sp³-hybridized carbons (Fsp3) is 0.867. The molecule has 1 aliphatic carbocycles. The highest BCUT2D eigenvalue weighted by Gasteiger charge is 2.40. The highest BCUT2D eigenvalue weighted by molar-refractivity contribution is 5.96. The van der Waals surface area contributed by atoms with E-state index in [4.69, 9.17) is 0 Å². The van der Waals surface area contributed by atoms with E-state index in [1.165, 1.54) is 12.8 Å². The fourth-order valence-corrected chi connectivity index (χ4v) is 2.78. The standard InChI is InChI=1S/C15H26N2O2/c1-4-12-15(19)17(8-7-11-5-6-11)13(9-10(2)3)14(18)16-12/h10-13H,4-9H2,1-3H3,(H,16,18). The summed E-state index contributed by atoms with van der Waals surface area (Å²) in [5.41, 5.74) is 0. The molecule has 108 valence electrons. The molecule has 2 rings (SSSR count). The highest BCUT2D eigenvalue weighted by atomic mass is 16.2. The second kappa shape index (κ2) is 5.93. The SMILES string of the molecule is CCC1NC(=O)C(CC(C)C)N(CCC2CC2)C1=O. The summed E-state index contributed by atoms with van der Waals surface area (Å²) in [5.74, 6) is 1.37. The monoisotopic (exact) mass is 266 g/mol. The van der Waals surface area contributed by atoms with Crippen LogP contribution in [0.15, 0.2) is 0 Å². The molecular formula is C15H26N2O2. The van der Waals surface area contributed by atoms with Crippen molar-refractivity contribution < 1.29 is 9.59 Å². The van der Waals surface area contributed by atoms with E-state index >= 15 is 0 Å². The van der Waals surface area contributed by atoms with Gasteiger partial charge < -0.3 is 10.2 Å². The Bertz CT molecular complexity index is 350. The second-order valence-corrected chi connectivity index (χ2v) is 6.38. The Labute approximate surface area is 115 Å². The number of piperazine rings is 1. The Morgan fingerprint density at radius 3 is 2.53 bits per heavy atom. The normalized spacial score (nSPS) is 27.9. The van der Waals surface area contributed by atoms with Gasteiger partial charge in [-0.25, -0.2) is 0 Å². The van der Waals surface area contributed by atoms with Crippen LogP contribution in [-0.4, -0.2) is 35.3 Å². The van der Waals surface area contributed by atoms with Crippen molar-refractivity contribution in [3.63, 3.8) is 0 Å². The summed E-state index contributed by atoms with van der Waals surface area (Å²) in [7, 11) is 0. The molecule has 4 heteroatoms. The molecule has 4 nitrogen and oxygen atoms in total. The molecule has 1 heterocycles. The average molecular weight is 266 g/mol. The van der Waals surface area contributed by atoms with Crippen LogP contribution in [0.1, 0.15) is 52.9 Å². The Morgan fingerprint density at radius 2 is 2.00 bits per heavy atom. The maximum Gasteiger partial charge on any atom is 0.245 e. The zero-order chi connectivity index (χ0) is 14.0. The van der Waals surface area contributed by atoms with Gasteiger partial charge in [-0.15, -0.1) is 0 Å². The zero-order valence-electron chi connectivity index (χ0n) is 12.3. The van der Waals surface area contributed by atoms with E-state index in [-0.39, 0.29) is 23.9 Å². The highest BCUT2D eigenvalue weighted by Crippen LogP contribution is 2.33. The van der Waals surface area contributed by atoms with Gasteiger partial charge in [-0.2, -0.15) is 0 Å². The lowest BCUT2D eigenvalue weighted by molar-refractivity contribution is -0.150. The molecule has 0 radical (unpaired) electrons. The van der Waals surface area contributed by atoms with Gasteiger partial charge in [-0.3, -0.25) is 9.59 Å². The number of carbonyl (C=O) groups is 2. The van der Waals surface area contributed by atoms with Crippen molar-refractivity contribution in [2.45, 2.75) is 65.0 Å². The van der Waals surface area contributed by atoms with Crippen molar-refractivity contribution >= 4 is 11.8 Å². The molecule has 0 aromatic rings. The molecule has 2 amide bonds. The van der Waals surface area contributed by atoms with Crippen molar-refractivity contribution in [2.24, 2.45) is 11.8 Å². The van der Waals surface area contributed by atoms with Gasteiger partial charge in [0.25, 0.3) is 0 Å². The first-order valence-corrected chi connectivity index (χ1v) is 7.63. The van der Waals surface area contributed by atoms with Gasteiger partial charge >= 0.3 is 0 Å². The first-order valence-electron chi connectivity index (χ1n) is 7.63. The summed E-state index contributed by atoms with van der Waals surface area (Å²) in [6, 6.07) is -0.566. The molecule has 1 saturated heterocycles. The number of hydrogen-bond donors (Lipinski definition) is 1. The molecule has 1 aliphatic heterocycles. The fourth-order valence-electron chi connectivity index (χ4n) is 2.78. The minimum atomic E-state index is -0.310. The largest absolute Gasteiger partial charge is 0.343 e. The van der Waals surface area contributed by atoms with E-state index < -0.39 is 0 Å². The van der Waals surface area contributed by atoms with E-state index in [0.717, 1.165) is 25.3 Å². The number of hydrogen-bond acceptors (Lipinski definition) is 2. The van der Waals surface area contributed by atoms with E-state index in [1.54, 1.807) is 0 Å². The van der Waals surface area contributed by atoms with Crippen molar-refractivity contribution in [1.29, 1.82) is 0 Å². The van der Waals surface area contributed by atoms with Crippen LogP contribution >= 0.6 is 0 Å². The van der Waals surface area contributed by atoms with Gasteiger partial charge in [-0.05, 0) is 31.1 Å². The molecule has 0 aromatic heterocycles. The van der Waals surface area contributed by atoms with Gasteiger partial charge in [0.05, 0.1) is 0 Å².